The zero-order valence-electron chi connectivity index (χ0n) is 5.30. The van der Waals surface area contributed by atoms with Gasteiger partial charge in [-0.25, -0.2) is 8.78 Å². The average molecular weight is 244 g/mol. The summed E-state index contributed by atoms with van der Waals surface area (Å²) in [5.74, 6) is 0. The van der Waals surface area contributed by atoms with E-state index in [4.69, 9.17) is 0 Å². The highest BCUT2D eigenvalue weighted by atomic mass is 79.9. The third kappa shape index (κ3) is 3.12. The summed E-state index contributed by atoms with van der Waals surface area (Å²) >= 11 is 3.06. The lowest BCUT2D eigenvalue weighted by atomic mass is 10.4. The van der Waals surface area contributed by atoms with Gasteiger partial charge in [0.15, 0.2) is 0 Å². The van der Waals surface area contributed by atoms with Gasteiger partial charge in [-0.1, -0.05) is 15.9 Å². The molecule has 0 saturated carbocycles. The Morgan fingerprint density at radius 2 is 2.09 bits per heavy atom. The van der Waals surface area contributed by atoms with Crippen LogP contribution in [0.1, 0.15) is 12.1 Å². The van der Waals surface area contributed by atoms with E-state index in [9.17, 15) is 8.78 Å². The van der Waals surface area contributed by atoms with E-state index in [2.05, 4.69) is 20.9 Å². The molecule has 11 heavy (non-hydrogen) atoms. The Kier molecular flexibility index (Phi) is 4.52. The normalized spacial score (nSPS) is 9.45. The topological polar surface area (TPSA) is 12.9 Å². The second-order valence-corrected chi connectivity index (χ2v) is 2.62. The van der Waals surface area contributed by atoms with E-state index in [1.807, 2.05) is 0 Å². The highest BCUT2D eigenvalue weighted by molar-refractivity contribution is 9.10. The molecule has 0 unspecified atom stereocenters. The minimum absolute atomic E-state index is 0. The van der Waals surface area contributed by atoms with Crippen LogP contribution in [0.15, 0.2) is 22.8 Å². The second-order valence-electron chi connectivity index (χ2n) is 1.70. The lowest BCUT2D eigenvalue weighted by Gasteiger charge is -1.96. The zero-order chi connectivity index (χ0) is 7.56. The van der Waals surface area contributed by atoms with Gasteiger partial charge in [-0.15, -0.1) is 12.4 Å². The fourth-order valence-electron chi connectivity index (χ4n) is 0.541. The number of hydrogen-bond acceptors (Lipinski definition) is 1. The van der Waals surface area contributed by atoms with Gasteiger partial charge in [0.25, 0.3) is 6.43 Å². The number of rotatable bonds is 1. The summed E-state index contributed by atoms with van der Waals surface area (Å²) in [7, 11) is 0. The molecule has 0 radical (unpaired) electrons. The van der Waals surface area contributed by atoms with E-state index in [0.29, 0.717) is 4.47 Å². The molecule has 0 bridgehead atoms. The molecule has 1 rings (SSSR count). The quantitative estimate of drug-likeness (QED) is 0.739. The van der Waals surface area contributed by atoms with Gasteiger partial charge in [0.1, 0.15) is 5.69 Å². The summed E-state index contributed by atoms with van der Waals surface area (Å²) in [6.45, 7) is 0. The van der Waals surface area contributed by atoms with Crippen molar-refractivity contribution in [2.45, 2.75) is 6.43 Å². The van der Waals surface area contributed by atoms with Gasteiger partial charge in [0, 0.05) is 10.7 Å². The Labute approximate surface area is 77.4 Å². The Bertz CT molecular complexity index is 232. The average Bonchev–Trinajstić information content (AvgIpc) is 1.88. The lowest BCUT2D eigenvalue weighted by Crippen LogP contribution is -1.87. The summed E-state index contributed by atoms with van der Waals surface area (Å²) in [5, 5.41) is 0. The summed E-state index contributed by atoms with van der Waals surface area (Å²) in [6, 6.07) is 2.90. The summed E-state index contributed by atoms with van der Waals surface area (Å²) in [4.78, 5) is 3.46. The monoisotopic (exact) mass is 243 g/mol. The van der Waals surface area contributed by atoms with Crippen molar-refractivity contribution in [2.24, 2.45) is 0 Å². The fraction of sp³-hybridized carbons (Fsp3) is 0.167. The number of nitrogens with zero attached hydrogens (tertiary/aromatic N) is 1. The molecule has 0 atom stereocenters. The predicted molar refractivity (Wildman–Crippen MR) is 44.1 cm³/mol. The first-order chi connectivity index (χ1) is 4.70. The fourth-order valence-corrected chi connectivity index (χ4v) is 0.893. The molecular weight excluding hydrogens is 239 g/mol. The number of pyridine rings is 1. The Balaban J connectivity index is 0.000001000. The van der Waals surface area contributed by atoms with Crippen LogP contribution in [0.3, 0.4) is 0 Å². The van der Waals surface area contributed by atoms with Gasteiger partial charge in [-0.2, -0.15) is 0 Å². The van der Waals surface area contributed by atoms with Gasteiger partial charge in [0.2, 0.25) is 0 Å². The maximum atomic E-state index is 11.9. The van der Waals surface area contributed by atoms with Crippen LogP contribution in [0.5, 0.6) is 0 Å². The zero-order valence-corrected chi connectivity index (χ0v) is 7.70. The Morgan fingerprint density at radius 1 is 1.45 bits per heavy atom. The molecule has 5 heteroatoms. The smallest absolute Gasteiger partial charge is 0.255 e. The summed E-state index contributed by atoms with van der Waals surface area (Å²) in [5.41, 5.74) is -0.200. The van der Waals surface area contributed by atoms with E-state index in [1.165, 1.54) is 12.3 Å². The highest BCUT2D eigenvalue weighted by Gasteiger charge is 2.07. The molecular formula is C6H5BrClF2N. The van der Waals surface area contributed by atoms with Crippen molar-refractivity contribution in [2.75, 3.05) is 0 Å². The third-order valence-electron chi connectivity index (χ3n) is 0.967. The van der Waals surface area contributed by atoms with Gasteiger partial charge in [-0.3, -0.25) is 4.98 Å². The maximum Gasteiger partial charge on any atom is 0.280 e. The van der Waals surface area contributed by atoms with Crippen LogP contribution in [0.2, 0.25) is 0 Å². The molecule has 1 heterocycles. The summed E-state index contributed by atoms with van der Waals surface area (Å²) < 4.78 is 24.4. The molecule has 1 aromatic rings. The standard InChI is InChI=1S/C6H4BrF2N.ClH/c7-4-1-2-10-5(3-4)6(8)9;/h1-3,6H;1H. The first kappa shape index (κ1) is 10.8. The van der Waals surface area contributed by atoms with E-state index in [-0.39, 0.29) is 18.1 Å². The second kappa shape index (κ2) is 4.62. The van der Waals surface area contributed by atoms with Crippen LogP contribution in [0, 0.1) is 0 Å². The molecule has 0 aliphatic carbocycles. The van der Waals surface area contributed by atoms with Gasteiger partial charge >= 0.3 is 0 Å². The van der Waals surface area contributed by atoms with Gasteiger partial charge < -0.3 is 0 Å². The van der Waals surface area contributed by atoms with Crippen LogP contribution in [-0.2, 0) is 0 Å². The van der Waals surface area contributed by atoms with Crippen molar-refractivity contribution >= 4 is 28.3 Å². The van der Waals surface area contributed by atoms with E-state index in [0.717, 1.165) is 0 Å². The molecule has 0 amide bonds. The molecule has 1 nitrogen and oxygen atoms in total. The number of hydrogen-bond donors (Lipinski definition) is 0. The molecule has 0 aromatic carbocycles. The van der Waals surface area contributed by atoms with E-state index in [1.54, 1.807) is 6.07 Å². The SMILES string of the molecule is Cl.FC(F)c1cc(Br)ccn1. The lowest BCUT2D eigenvalue weighted by molar-refractivity contribution is 0.146. The number of aromatic nitrogens is 1. The first-order valence-electron chi connectivity index (χ1n) is 2.60. The molecule has 62 valence electrons. The molecule has 0 aliphatic rings. The first-order valence-corrected chi connectivity index (χ1v) is 3.39. The number of halogens is 4. The maximum absolute atomic E-state index is 11.9. The number of alkyl halides is 2. The molecule has 0 saturated heterocycles. The largest absolute Gasteiger partial charge is 0.280 e. The molecule has 0 aliphatic heterocycles. The Morgan fingerprint density at radius 3 is 2.45 bits per heavy atom. The molecule has 1 aromatic heterocycles. The van der Waals surface area contributed by atoms with Crippen molar-refractivity contribution in [3.8, 4) is 0 Å². The van der Waals surface area contributed by atoms with Crippen LogP contribution in [-0.4, -0.2) is 4.98 Å². The summed E-state index contributed by atoms with van der Waals surface area (Å²) in [6.07, 6.45) is -1.15. The van der Waals surface area contributed by atoms with E-state index >= 15 is 0 Å². The van der Waals surface area contributed by atoms with Crippen LogP contribution >= 0.6 is 28.3 Å². The van der Waals surface area contributed by atoms with Crippen molar-refractivity contribution in [3.05, 3.63) is 28.5 Å². The van der Waals surface area contributed by atoms with Crippen molar-refractivity contribution in [1.29, 1.82) is 0 Å². The van der Waals surface area contributed by atoms with Crippen molar-refractivity contribution in [3.63, 3.8) is 0 Å². The molecule has 0 fully saturated rings. The Hall–Kier alpha value is -0.220. The van der Waals surface area contributed by atoms with Crippen LogP contribution in [0.4, 0.5) is 8.78 Å². The van der Waals surface area contributed by atoms with Gasteiger partial charge in [-0.05, 0) is 12.1 Å². The third-order valence-corrected chi connectivity index (χ3v) is 1.46. The van der Waals surface area contributed by atoms with Crippen LogP contribution < -0.4 is 0 Å². The predicted octanol–water partition coefficient (Wildman–Crippen LogP) is 3.20. The minimum Gasteiger partial charge on any atom is -0.255 e. The van der Waals surface area contributed by atoms with Crippen molar-refractivity contribution in [1.82, 2.24) is 4.98 Å². The molecule has 0 spiro atoms. The highest BCUT2D eigenvalue weighted by Crippen LogP contribution is 2.18. The van der Waals surface area contributed by atoms with Crippen LogP contribution in [0.25, 0.3) is 0 Å². The van der Waals surface area contributed by atoms with Gasteiger partial charge in [0.05, 0.1) is 0 Å². The molecule has 0 N–H and O–H groups in total. The van der Waals surface area contributed by atoms with Crippen molar-refractivity contribution < 1.29 is 8.78 Å². The van der Waals surface area contributed by atoms with E-state index < -0.39 is 6.43 Å². The minimum atomic E-state index is -2.49.